The van der Waals surface area contributed by atoms with Crippen LogP contribution in [0.2, 0.25) is 0 Å². The number of rotatable bonds is 9. The molecule has 0 saturated carbocycles. The van der Waals surface area contributed by atoms with Crippen molar-refractivity contribution < 1.29 is 4.79 Å². The maximum Gasteiger partial charge on any atom is 0.259 e. The molecule has 1 amide bonds. The van der Waals surface area contributed by atoms with E-state index in [1.807, 2.05) is 0 Å². The normalized spacial score (nSPS) is 14.0. The highest BCUT2D eigenvalue weighted by molar-refractivity contribution is 7.98. The van der Waals surface area contributed by atoms with Crippen molar-refractivity contribution >= 4 is 51.6 Å². The number of halogens is 1. The number of nitrogens with zero attached hydrogens (tertiary/aromatic N) is 1. The molecule has 1 aliphatic carbocycles. The van der Waals surface area contributed by atoms with Crippen LogP contribution >= 0.6 is 35.5 Å². The minimum absolute atomic E-state index is 0. The summed E-state index contributed by atoms with van der Waals surface area (Å²) in [7, 11) is 0. The molecule has 0 saturated heterocycles. The van der Waals surface area contributed by atoms with Gasteiger partial charge in [-0.25, -0.2) is 4.98 Å². The summed E-state index contributed by atoms with van der Waals surface area (Å²) in [5, 5.41) is 6.99. The van der Waals surface area contributed by atoms with Gasteiger partial charge in [-0.1, -0.05) is 6.92 Å². The highest BCUT2D eigenvalue weighted by atomic mass is 35.5. The van der Waals surface area contributed by atoms with E-state index in [4.69, 9.17) is 0 Å². The third kappa shape index (κ3) is 5.70. The molecule has 3 N–H and O–H groups in total. The van der Waals surface area contributed by atoms with E-state index in [0.29, 0.717) is 30.3 Å². The predicted molar refractivity (Wildman–Crippen MR) is 116 cm³/mol. The van der Waals surface area contributed by atoms with Crippen LogP contribution in [0.1, 0.15) is 43.0 Å². The van der Waals surface area contributed by atoms with Crippen molar-refractivity contribution in [3.63, 3.8) is 0 Å². The lowest BCUT2D eigenvalue weighted by Gasteiger charge is -2.13. The molecule has 2 aromatic heterocycles. The summed E-state index contributed by atoms with van der Waals surface area (Å²) in [5.74, 6) is 2.10. The van der Waals surface area contributed by atoms with E-state index in [2.05, 4.69) is 34.4 Å². The molecule has 2 aromatic rings. The van der Waals surface area contributed by atoms with Crippen molar-refractivity contribution in [3.05, 3.63) is 26.6 Å². The number of aromatic amines is 1. The van der Waals surface area contributed by atoms with Gasteiger partial charge in [0.2, 0.25) is 5.91 Å². The third-order valence-electron chi connectivity index (χ3n) is 4.49. The Morgan fingerprint density at radius 2 is 2.22 bits per heavy atom. The second kappa shape index (κ2) is 10.5. The molecule has 150 valence electrons. The average Bonchev–Trinajstić information content (AvgIpc) is 3.17. The smallest absolute Gasteiger partial charge is 0.259 e. The Labute approximate surface area is 173 Å². The molecular formula is C18H27ClN4O2S2. The first-order valence-electron chi connectivity index (χ1n) is 9.19. The zero-order valence-electron chi connectivity index (χ0n) is 15.7. The van der Waals surface area contributed by atoms with Gasteiger partial charge in [0.25, 0.3) is 5.56 Å². The Morgan fingerprint density at radius 3 is 3.00 bits per heavy atom. The molecule has 0 aliphatic heterocycles. The minimum Gasteiger partial charge on any atom is -0.355 e. The number of carbonyl (C=O) groups is 1. The SMILES string of the molecule is CCN[C@H](C)CNC(=O)CCSCc1nc2sc3c(c2c(=O)[nH]1)CCC3.Cl. The van der Waals surface area contributed by atoms with E-state index in [9.17, 15) is 9.59 Å². The molecule has 1 aliphatic rings. The van der Waals surface area contributed by atoms with Crippen LogP contribution in [0.25, 0.3) is 10.2 Å². The molecule has 0 bridgehead atoms. The molecule has 0 spiro atoms. The van der Waals surface area contributed by atoms with Crippen LogP contribution in [-0.2, 0) is 23.4 Å². The van der Waals surface area contributed by atoms with Gasteiger partial charge < -0.3 is 15.6 Å². The van der Waals surface area contributed by atoms with Crippen molar-refractivity contribution in [1.82, 2.24) is 20.6 Å². The molecule has 0 unspecified atom stereocenters. The number of aromatic nitrogens is 2. The van der Waals surface area contributed by atoms with E-state index in [0.717, 1.165) is 36.0 Å². The maximum atomic E-state index is 12.4. The molecule has 27 heavy (non-hydrogen) atoms. The first-order valence-corrected chi connectivity index (χ1v) is 11.2. The van der Waals surface area contributed by atoms with Gasteiger partial charge in [0.1, 0.15) is 10.7 Å². The van der Waals surface area contributed by atoms with Gasteiger partial charge in [-0.3, -0.25) is 9.59 Å². The van der Waals surface area contributed by atoms with Crippen LogP contribution in [-0.4, -0.2) is 40.8 Å². The van der Waals surface area contributed by atoms with E-state index in [1.54, 1.807) is 23.1 Å². The van der Waals surface area contributed by atoms with Crippen LogP contribution in [0.5, 0.6) is 0 Å². The van der Waals surface area contributed by atoms with Crippen molar-refractivity contribution in [3.8, 4) is 0 Å². The van der Waals surface area contributed by atoms with E-state index < -0.39 is 0 Å². The summed E-state index contributed by atoms with van der Waals surface area (Å²) in [5.41, 5.74) is 1.20. The van der Waals surface area contributed by atoms with Crippen LogP contribution in [0.15, 0.2) is 4.79 Å². The number of likely N-dealkylation sites (N-methyl/N-ethyl adjacent to an activating group) is 1. The summed E-state index contributed by atoms with van der Waals surface area (Å²) in [4.78, 5) is 34.0. The standard InChI is InChI=1S/C18H26N4O2S2.ClH/c1-3-19-11(2)9-20-15(23)7-8-25-10-14-21-17(24)16-12-5-4-6-13(12)26-18(16)22-14;/h11,19H,3-10H2,1-2H3,(H,20,23)(H,21,22,24);1H/t11-;/m1./s1. The van der Waals surface area contributed by atoms with Gasteiger partial charge in [0.05, 0.1) is 11.1 Å². The van der Waals surface area contributed by atoms with E-state index in [1.165, 1.54) is 10.4 Å². The number of amides is 1. The predicted octanol–water partition coefficient (Wildman–Crippen LogP) is 2.63. The monoisotopic (exact) mass is 430 g/mol. The molecule has 1 atom stereocenters. The number of H-pyrrole nitrogens is 1. The van der Waals surface area contributed by atoms with Gasteiger partial charge in [0, 0.05) is 29.6 Å². The number of carbonyl (C=O) groups excluding carboxylic acids is 1. The Bertz CT molecular complexity index is 837. The zero-order valence-corrected chi connectivity index (χ0v) is 18.2. The molecule has 9 heteroatoms. The largest absolute Gasteiger partial charge is 0.355 e. The van der Waals surface area contributed by atoms with Crippen LogP contribution in [0, 0.1) is 0 Å². The highest BCUT2D eigenvalue weighted by Gasteiger charge is 2.21. The van der Waals surface area contributed by atoms with Gasteiger partial charge in [0.15, 0.2) is 0 Å². The fourth-order valence-corrected chi connectivity index (χ4v) is 5.31. The number of thiophene rings is 1. The van der Waals surface area contributed by atoms with Crippen LogP contribution < -0.4 is 16.2 Å². The lowest BCUT2D eigenvalue weighted by atomic mass is 10.2. The summed E-state index contributed by atoms with van der Waals surface area (Å²) in [6, 6.07) is 0.282. The number of hydrogen-bond donors (Lipinski definition) is 3. The van der Waals surface area contributed by atoms with Gasteiger partial charge in [-0.2, -0.15) is 11.8 Å². The van der Waals surface area contributed by atoms with Crippen molar-refractivity contribution in [2.24, 2.45) is 0 Å². The summed E-state index contributed by atoms with van der Waals surface area (Å²) in [6.07, 6.45) is 3.68. The number of nitrogens with one attached hydrogen (secondary N) is 3. The summed E-state index contributed by atoms with van der Waals surface area (Å²) < 4.78 is 0. The van der Waals surface area contributed by atoms with E-state index >= 15 is 0 Å². The van der Waals surface area contributed by atoms with Gasteiger partial charge in [-0.15, -0.1) is 23.7 Å². The topological polar surface area (TPSA) is 86.9 Å². The molecule has 0 radical (unpaired) electrons. The lowest BCUT2D eigenvalue weighted by molar-refractivity contribution is -0.120. The third-order valence-corrected chi connectivity index (χ3v) is 6.65. The zero-order chi connectivity index (χ0) is 18.5. The average molecular weight is 431 g/mol. The van der Waals surface area contributed by atoms with Gasteiger partial charge in [-0.05, 0) is 38.3 Å². The second-order valence-electron chi connectivity index (χ2n) is 6.62. The summed E-state index contributed by atoms with van der Waals surface area (Å²) >= 11 is 3.28. The molecule has 2 heterocycles. The van der Waals surface area contributed by atoms with Gasteiger partial charge >= 0.3 is 0 Å². The molecule has 3 rings (SSSR count). The van der Waals surface area contributed by atoms with Crippen LogP contribution in [0.4, 0.5) is 0 Å². The Morgan fingerprint density at radius 1 is 1.41 bits per heavy atom. The molecular weight excluding hydrogens is 404 g/mol. The first kappa shape index (κ1) is 22.2. The minimum atomic E-state index is -0.0137. The molecule has 6 nitrogen and oxygen atoms in total. The quantitative estimate of drug-likeness (QED) is 0.532. The van der Waals surface area contributed by atoms with E-state index in [-0.39, 0.29) is 29.9 Å². The Balaban J connectivity index is 0.00000261. The number of thioether (sulfide) groups is 1. The fraction of sp³-hybridized carbons (Fsp3) is 0.611. The molecule has 0 fully saturated rings. The van der Waals surface area contributed by atoms with Crippen molar-refractivity contribution in [1.29, 1.82) is 0 Å². The fourth-order valence-electron chi connectivity index (χ4n) is 3.22. The van der Waals surface area contributed by atoms with Crippen molar-refractivity contribution in [2.45, 2.75) is 51.3 Å². The number of aryl methyl sites for hydroxylation is 2. The Kier molecular flexibility index (Phi) is 8.60. The number of fused-ring (bicyclic) bond motifs is 3. The number of hydrogen-bond acceptors (Lipinski definition) is 6. The molecule has 0 aromatic carbocycles. The lowest BCUT2D eigenvalue weighted by Crippen LogP contribution is -2.38. The van der Waals surface area contributed by atoms with Crippen molar-refractivity contribution in [2.75, 3.05) is 18.8 Å². The summed E-state index contributed by atoms with van der Waals surface area (Å²) in [6.45, 7) is 5.65. The first-order chi connectivity index (χ1) is 12.6. The van der Waals surface area contributed by atoms with Crippen LogP contribution in [0.3, 0.4) is 0 Å². The Hall–Kier alpha value is -1.09. The maximum absolute atomic E-state index is 12.4. The second-order valence-corrected chi connectivity index (χ2v) is 8.80. The highest BCUT2D eigenvalue weighted by Crippen LogP contribution is 2.34.